The first-order chi connectivity index (χ1) is 5.29. The molecule has 0 spiro atoms. The van der Waals surface area contributed by atoms with Gasteiger partial charge in [-0.25, -0.2) is 0 Å². The van der Waals surface area contributed by atoms with Crippen molar-refractivity contribution < 1.29 is 4.79 Å². The maximum atomic E-state index is 11.3. The Hall–Kier alpha value is -0.590. The third-order valence-electron chi connectivity index (χ3n) is 2.62. The summed E-state index contributed by atoms with van der Waals surface area (Å²) in [5.41, 5.74) is 0. The van der Waals surface area contributed by atoms with Crippen LogP contribution >= 0.6 is 0 Å². The van der Waals surface area contributed by atoms with E-state index in [-0.39, 0.29) is 0 Å². The van der Waals surface area contributed by atoms with Crippen LogP contribution in [0.2, 0.25) is 0 Å². The molecule has 0 aromatic heterocycles. The number of carbonyl (C=O) groups excluding carboxylic acids is 1. The van der Waals surface area contributed by atoms with Gasteiger partial charge in [0.15, 0.2) is 5.78 Å². The second-order valence-corrected chi connectivity index (χ2v) is 3.22. The van der Waals surface area contributed by atoms with Gasteiger partial charge in [-0.05, 0) is 24.8 Å². The fourth-order valence-electron chi connectivity index (χ4n) is 1.86. The molecule has 0 fully saturated rings. The molecule has 1 nitrogen and oxygen atoms in total. The fraction of sp³-hybridized carbons (Fsp3) is 0.700. The van der Waals surface area contributed by atoms with E-state index in [9.17, 15) is 4.79 Å². The molecule has 1 aliphatic carbocycles. The number of carbonyl (C=O) groups is 1. The molecule has 2 atom stereocenters. The van der Waals surface area contributed by atoms with Crippen molar-refractivity contribution in [3.05, 3.63) is 12.2 Å². The molecule has 0 aliphatic heterocycles. The molecule has 0 bridgehead atoms. The Morgan fingerprint density at radius 3 is 2.64 bits per heavy atom. The summed E-state index contributed by atoms with van der Waals surface area (Å²) >= 11 is 0. The Labute approximate surface area is 68.5 Å². The van der Waals surface area contributed by atoms with E-state index in [0.717, 1.165) is 19.3 Å². The molecule has 0 heterocycles. The van der Waals surface area contributed by atoms with Crippen molar-refractivity contribution in [2.75, 3.05) is 0 Å². The molecule has 0 amide bonds. The third kappa shape index (κ3) is 1.70. The van der Waals surface area contributed by atoms with Crippen molar-refractivity contribution in [2.45, 2.75) is 33.1 Å². The second-order valence-electron chi connectivity index (χ2n) is 3.22. The van der Waals surface area contributed by atoms with Crippen LogP contribution in [-0.2, 0) is 4.79 Å². The summed E-state index contributed by atoms with van der Waals surface area (Å²) in [7, 11) is 0. The minimum Gasteiger partial charge on any atom is -0.295 e. The van der Waals surface area contributed by atoms with E-state index in [4.69, 9.17) is 0 Å². The average Bonchev–Trinajstić information content (AvgIpc) is 2.04. The Morgan fingerprint density at radius 2 is 2.18 bits per heavy atom. The predicted octanol–water partition coefficient (Wildman–Crippen LogP) is 2.57. The highest BCUT2D eigenvalue weighted by atomic mass is 16.1. The molecule has 0 saturated carbocycles. The summed E-state index contributed by atoms with van der Waals surface area (Å²) in [5, 5.41) is 0. The number of ketones is 1. The summed E-state index contributed by atoms with van der Waals surface area (Å²) in [6.07, 6.45) is 7.00. The van der Waals surface area contributed by atoms with Crippen LogP contribution in [0, 0.1) is 11.8 Å². The van der Waals surface area contributed by atoms with E-state index in [1.807, 2.05) is 6.08 Å². The van der Waals surface area contributed by atoms with Gasteiger partial charge in [-0.1, -0.05) is 26.3 Å². The highest BCUT2D eigenvalue weighted by molar-refractivity contribution is 5.92. The van der Waals surface area contributed by atoms with Gasteiger partial charge < -0.3 is 0 Å². The highest BCUT2D eigenvalue weighted by Gasteiger charge is 2.25. The fourth-order valence-corrected chi connectivity index (χ4v) is 1.86. The number of allylic oxidation sites excluding steroid dienone is 2. The van der Waals surface area contributed by atoms with Crippen molar-refractivity contribution in [3.63, 3.8) is 0 Å². The molecule has 0 N–H and O–H groups in total. The first kappa shape index (κ1) is 8.51. The zero-order valence-electron chi connectivity index (χ0n) is 7.34. The molecule has 1 rings (SSSR count). The summed E-state index contributed by atoms with van der Waals surface area (Å²) < 4.78 is 0. The molecule has 0 aromatic rings. The summed E-state index contributed by atoms with van der Waals surface area (Å²) in [6.45, 7) is 4.27. The van der Waals surface area contributed by atoms with Crippen LogP contribution in [0.5, 0.6) is 0 Å². The summed E-state index contributed by atoms with van der Waals surface area (Å²) in [6, 6.07) is 0. The van der Waals surface area contributed by atoms with Crippen LogP contribution in [0.25, 0.3) is 0 Å². The second kappa shape index (κ2) is 3.70. The lowest BCUT2D eigenvalue weighted by Crippen LogP contribution is -2.24. The van der Waals surface area contributed by atoms with E-state index >= 15 is 0 Å². The van der Waals surface area contributed by atoms with E-state index in [0.29, 0.717) is 17.6 Å². The molecule has 0 saturated heterocycles. The van der Waals surface area contributed by atoms with Crippen LogP contribution in [0.1, 0.15) is 33.1 Å². The molecule has 0 aromatic carbocycles. The normalized spacial score (nSPS) is 30.9. The number of rotatable bonds is 2. The first-order valence-electron chi connectivity index (χ1n) is 4.50. The smallest absolute Gasteiger partial charge is 0.158 e. The molecule has 2 unspecified atom stereocenters. The van der Waals surface area contributed by atoms with Crippen LogP contribution in [0.15, 0.2) is 12.2 Å². The van der Waals surface area contributed by atoms with Crippen LogP contribution in [0.4, 0.5) is 0 Å². The van der Waals surface area contributed by atoms with Gasteiger partial charge >= 0.3 is 0 Å². The monoisotopic (exact) mass is 152 g/mol. The van der Waals surface area contributed by atoms with Crippen LogP contribution < -0.4 is 0 Å². The molecule has 1 aliphatic rings. The van der Waals surface area contributed by atoms with E-state index in [1.165, 1.54) is 0 Å². The standard InChI is InChI=1S/C10H16O/c1-3-8-6-5-7-10(11)9(8)4-2/h5,7-9H,3-4,6H2,1-2H3. The van der Waals surface area contributed by atoms with Crippen molar-refractivity contribution in [3.8, 4) is 0 Å². The predicted molar refractivity (Wildman–Crippen MR) is 46.3 cm³/mol. The lowest BCUT2D eigenvalue weighted by molar-refractivity contribution is -0.120. The highest BCUT2D eigenvalue weighted by Crippen LogP contribution is 2.27. The minimum atomic E-state index is 0.310. The van der Waals surface area contributed by atoms with Crippen molar-refractivity contribution in [1.82, 2.24) is 0 Å². The first-order valence-corrected chi connectivity index (χ1v) is 4.50. The van der Waals surface area contributed by atoms with E-state index in [2.05, 4.69) is 13.8 Å². The Balaban J connectivity index is 2.67. The van der Waals surface area contributed by atoms with Crippen molar-refractivity contribution in [2.24, 2.45) is 11.8 Å². The van der Waals surface area contributed by atoms with Gasteiger partial charge in [-0.3, -0.25) is 4.79 Å². The maximum absolute atomic E-state index is 11.3. The lowest BCUT2D eigenvalue weighted by Gasteiger charge is -2.24. The molecule has 11 heavy (non-hydrogen) atoms. The minimum absolute atomic E-state index is 0.310. The van der Waals surface area contributed by atoms with Gasteiger partial charge in [0.2, 0.25) is 0 Å². The van der Waals surface area contributed by atoms with Gasteiger partial charge in [0, 0.05) is 5.92 Å². The van der Waals surface area contributed by atoms with Crippen LogP contribution in [-0.4, -0.2) is 5.78 Å². The molecular weight excluding hydrogens is 136 g/mol. The molecule has 62 valence electrons. The summed E-state index contributed by atoms with van der Waals surface area (Å²) in [5.74, 6) is 1.26. The van der Waals surface area contributed by atoms with Gasteiger partial charge in [-0.15, -0.1) is 0 Å². The summed E-state index contributed by atoms with van der Waals surface area (Å²) in [4.78, 5) is 11.3. The van der Waals surface area contributed by atoms with Gasteiger partial charge in [0.25, 0.3) is 0 Å². The SMILES string of the molecule is CCC1CC=CC(=O)C1CC. The average molecular weight is 152 g/mol. The topological polar surface area (TPSA) is 17.1 Å². The Kier molecular flexibility index (Phi) is 2.86. The molecule has 1 heteroatoms. The zero-order chi connectivity index (χ0) is 8.27. The largest absolute Gasteiger partial charge is 0.295 e. The van der Waals surface area contributed by atoms with Crippen molar-refractivity contribution in [1.29, 1.82) is 0 Å². The Morgan fingerprint density at radius 1 is 1.45 bits per heavy atom. The zero-order valence-corrected chi connectivity index (χ0v) is 7.34. The van der Waals surface area contributed by atoms with E-state index < -0.39 is 0 Å². The van der Waals surface area contributed by atoms with Crippen LogP contribution in [0.3, 0.4) is 0 Å². The van der Waals surface area contributed by atoms with Crippen molar-refractivity contribution >= 4 is 5.78 Å². The number of hydrogen-bond donors (Lipinski definition) is 0. The van der Waals surface area contributed by atoms with Gasteiger partial charge in [0.1, 0.15) is 0 Å². The molecular formula is C10H16O. The third-order valence-corrected chi connectivity index (χ3v) is 2.62. The van der Waals surface area contributed by atoms with Gasteiger partial charge in [-0.2, -0.15) is 0 Å². The maximum Gasteiger partial charge on any atom is 0.158 e. The quantitative estimate of drug-likeness (QED) is 0.594. The Bertz CT molecular complexity index is 170. The molecule has 0 radical (unpaired) electrons. The van der Waals surface area contributed by atoms with Gasteiger partial charge in [0.05, 0.1) is 0 Å². The lowest BCUT2D eigenvalue weighted by atomic mass is 9.79. The number of hydrogen-bond acceptors (Lipinski definition) is 1. The van der Waals surface area contributed by atoms with E-state index in [1.54, 1.807) is 6.08 Å².